The summed E-state index contributed by atoms with van der Waals surface area (Å²) in [6, 6.07) is 3.51. The summed E-state index contributed by atoms with van der Waals surface area (Å²) in [5.74, 6) is -0.268. The molecule has 2 aromatic heterocycles. The van der Waals surface area contributed by atoms with Gasteiger partial charge in [-0.25, -0.2) is 4.98 Å². The monoisotopic (exact) mass is 295 g/mol. The van der Waals surface area contributed by atoms with E-state index in [1.54, 1.807) is 36.6 Å². The van der Waals surface area contributed by atoms with E-state index in [0.717, 1.165) is 0 Å². The number of nitrogens with zero attached hydrogens (tertiary/aromatic N) is 2. The number of rotatable bonds is 4. The smallest absolute Gasteiger partial charge is 0.270 e. The van der Waals surface area contributed by atoms with Crippen molar-refractivity contribution in [3.63, 3.8) is 0 Å². The minimum Gasteiger partial charge on any atom is -0.394 e. The van der Waals surface area contributed by atoms with E-state index in [1.165, 1.54) is 0 Å². The molecule has 2 N–H and O–H groups in total. The first-order chi connectivity index (χ1) is 9.38. The van der Waals surface area contributed by atoms with Crippen molar-refractivity contribution < 1.29 is 9.90 Å². The van der Waals surface area contributed by atoms with E-state index in [2.05, 4.69) is 10.3 Å². The summed E-state index contributed by atoms with van der Waals surface area (Å²) in [6.45, 7) is 5.31. The Kier molecular flexibility index (Phi) is 4.01. The number of carbonyl (C=O) groups excluding carboxylic acids is 1. The van der Waals surface area contributed by atoms with Crippen LogP contribution in [0.3, 0.4) is 0 Å². The van der Waals surface area contributed by atoms with E-state index in [1.807, 2.05) is 6.92 Å². The average molecular weight is 296 g/mol. The van der Waals surface area contributed by atoms with Crippen LogP contribution in [0, 0.1) is 0 Å². The molecule has 2 rings (SSSR count). The highest BCUT2D eigenvalue weighted by Gasteiger charge is 2.24. The van der Waals surface area contributed by atoms with Crippen LogP contribution in [0.5, 0.6) is 0 Å². The number of halogens is 1. The third kappa shape index (κ3) is 2.78. The zero-order valence-corrected chi connectivity index (χ0v) is 12.5. The zero-order chi connectivity index (χ0) is 14.9. The first kappa shape index (κ1) is 14.8. The minimum atomic E-state index is -0.690. The SMILES string of the molecule is CCc1nc2ccc(Cl)cn2c1C(=O)NC(C)(C)CO. The molecule has 2 heterocycles. The maximum Gasteiger partial charge on any atom is 0.270 e. The molecule has 0 fully saturated rings. The quantitative estimate of drug-likeness (QED) is 0.907. The lowest BCUT2D eigenvalue weighted by Crippen LogP contribution is -2.46. The number of carbonyl (C=O) groups is 1. The third-order valence-corrected chi connectivity index (χ3v) is 3.28. The summed E-state index contributed by atoms with van der Waals surface area (Å²) in [5.41, 5.74) is 1.16. The van der Waals surface area contributed by atoms with E-state index in [9.17, 15) is 9.90 Å². The molecule has 0 aromatic carbocycles. The van der Waals surface area contributed by atoms with E-state index in [4.69, 9.17) is 11.6 Å². The minimum absolute atomic E-state index is 0.141. The Balaban J connectivity index is 2.51. The van der Waals surface area contributed by atoms with Gasteiger partial charge < -0.3 is 10.4 Å². The molecule has 0 atom stereocenters. The van der Waals surface area contributed by atoms with Crippen LogP contribution in [-0.4, -0.2) is 32.5 Å². The molecule has 0 unspecified atom stereocenters. The number of hydrogen-bond acceptors (Lipinski definition) is 3. The summed E-state index contributed by atoms with van der Waals surface area (Å²) in [6.07, 6.45) is 2.31. The first-order valence-electron chi connectivity index (χ1n) is 6.48. The fourth-order valence-electron chi connectivity index (χ4n) is 1.96. The predicted molar refractivity (Wildman–Crippen MR) is 78.2 cm³/mol. The molecule has 0 radical (unpaired) electrons. The Morgan fingerprint density at radius 3 is 2.80 bits per heavy atom. The molecular formula is C14H18ClN3O2. The van der Waals surface area contributed by atoms with Gasteiger partial charge in [0.15, 0.2) is 0 Å². The van der Waals surface area contributed by atoms with Crippen molar-refractivity contribution in [3.05, 3.63) is 34.7 Å². The molecule has 0 saturated heterocycles. The number of fused-ring (bicyclic) bond motifs is 1. The maximum atomic E-state index is 12.5. The van der Waals surface area contributed by atoms with E-state index in [0.29, 0.717) is 28.5 Å². The Morgan fingerprint density at radius 1 is 1.50 bits per heavy atom. The van der Waals surface area contributed by atoms with E-state index >= 15 is 0 Å². The molecule has 0 bridgehead atoms. The zero-order valence-electron chi connectivity index (χ0n) is 11.8. The Morgan fingerprint density at radius 2 is 2.20 bits per heavy atom. The van der Waals surface area contributed by atoms with Crippen molar-refractivity contribution in [1.82, 2.24) is 14.7 Å². The van der Waals surface area contributed by atoms with Crippen LogP contribution >= 0.6 is 11.6 Å². The van der Waals surface area contributed by atoms with Gasteiger partial charge in [-0.15, -0.1) is 0 Å². The normalized spacial score (nSPS) is 11.8. The third-order valence-electron chi connectivity index (χ3n) is 3.05. The van der Waals surface area contributed by atoms with Gasteiger partial charge in [-0.2, -0.15) is 0 Å². The van der Waals surface area contributed by atoms with Gasteiger partial charge in [0.05, 0.1) is 22.9 Å². The van der Waals surface area contributed by atoms with Gasteiger partial charge in [0.1, 0.15) is 11.3 Å². The van der Waals surface area contributed by atoms with Crippen LogP contribution in [0.4, 0.5) is 0 Å². The van der Waals surface area contributed by atoms with E-state index < -0.39 is 5.54 Å². The van der Waals surface area contributed by atoms with Crippen LogP contribution in [0.15, 0.2) is 18.3 Å². The highest BCUT2D eigenvalue weighted by atomic mass is 35.5. The lowest BCUT2D eigenvalue weighted by Gasteiger charge is -2.23. The summed E-state index contributed by atoms with van der Waals surface area (Å²) in [5, 5.41) is 12.6. The lowest BCUT2D eigenvalue weighted by molar-refractivity contribution is 0.0862. The van der Waals surface area contributed by atoms with Crippen molar-refractivity contribution in [2.24, 2.45) is 0 Å². The van der Waals surface area contributed by atoms with Gasteiger partial charge in [-0.1, -0.05) is 18.5 Å². The van der Waals surface area contributed by atoms with Gasteiger partial charge in [0.2, 0.25) is 0 Å². The van der Waals surface area contributed by atoms with E-state index in [-0.39, 0.29) is 12.5 Å². The summed E-state index contributed by atoms with van der Waals surface area (Å²) < 4.78 is 1.68. The Bertz CT molecular complexity index is 649. The highest BCUT2D eigenvalue weighted by Crippen LogP contribution is 2.18. The summed E-state index contributed by atoms with van der Waals surface area (Å²) >= 11 is 5.99. The number of pyridine rings is 1. The molecule has 6 heteroatoms. The number of aryl methyl sites for hydroxylation is 1. The van der Waals surface area contributed by atoms with Gasteiger partial charge in [0, 0.05) is 6.20 Å². The Labute approximate surface area is 122 Å². The largest absolute Gasteiger partial charge is 0.394 e. The number of nitrogens with one attached hydrogen (secondary N) is 1. The molecule has 1 amide bonds. The van der Waals surface area contributed by atoms with Gasteiger partial charge >= 0.3 is 0 Å². The average Bonchev–Trinajstić information content (AvgIpc) is 2.75. The fraction of sp³-hybridized carbons (Fsp3) is 0.429. The predicted octanol–water partition coefficient (Wildman–Crippen LogP) is 2.05. The van der Waals surface area contributed by atoms with Crippen molar-refractivity contribution in [2.75, 3.05) is 6.61 Å². The van der Waals surface area contributed by atoms with Crippen LogP contribution in [0.25, 0.3) is 5.65 Å². The lowest BCUT2D eigenvalue weighted by atomic mass is 10.1. The Hall–Kier alpha value is -1.59. The number of aromatic nitrogens is 2. The molecule has 20 heavy (non-hydrogen) atoms. The molecular weight excluding hydrogens is 278 g/mol. The summed E-state index contributed by atoms with van der Waals surface area (Å²) in [4.78, 5) is 16.9. The number of aliphatic hydroxyl groups excluding tert-OH is 1. The highest BCUT2D eigenvalue weighted by molar-refractivity contribution is 6.30. The van der Waals surface area contributed by atoms with Crippen LogP contribution in [0.2, 0.25) is 5.02 Å². The fourth-order valence-corrected chi connectivity index (χ4v) is 2.12. The molecule has 0 aliphatic rings. The number of amides is 1. The topological polar surface area (TPSA) is 66.6 Å². The molecule has 0 saturated carbocycles. The second-order valence-corrected chi connectivity index (χ2v) is 5.77. The summed E-state index contributed by atoms with van der Waals surface area (Å²) in [7, 11) is 0. The van der Waals surface area contributed by atoms with Crippen LogP contribution in [-0.2, 0) is 6.42 Å². The molecule has 5 nitrogen and oxygen atoms in total. The van der Waals surface area contributed by atoms with Gasteiger partial charge in [0.25, 0.3) is 5.91 Å². The standard InChI is InChI=1S/C14H18ClN3O2/c1-4-10-12(13(20)17-14(2,3)8-19)18-7-9(15)5-6-11(18)16-10/h5-7,19H,4,8H2,1-3H3,(H,17,20). The van der Waals surface area contributed by atoms with Crippen molar-refractivity contribution >= 4 is 23.2 Å². The molecule has 0 aliphatic heterocycles. The second kappa shape index (κ2) is 5.42. The first-order valence-corrected chi connectivity index (χ1v) is 6.85. The number of hydrogen-bond donors (Lipinski definition) is 2. The van der Waals surface area contributed by atoms with Crippen molar-refractivity contribution in [3.8, 4) is 0 Å². The molecule has 0 spiro atoms. The maximum absolute atomic E-state index is 12.5. The molecule has 0 aliphatic carbocycles. The van der Waals surface area contributed by atoms with Gasteiger partial charge in [-0.3, -0.25) is 9.20 Å². The van der Waals surface area contributed by atoms with Crippen molar-refractivity contribution in [1.29, 1.82) is 0 Å². The van der Waals surface area contributed by atoms with Crippen LogP contribution in [0.1, 0.15) is 37.0 Å². The molecule has 2 aromatic rings. The van der Waals surface area contributed by atoms with Crippen molar-refractivity contribution in [2.45, 2.75) is 32.7 Å². The molecule has 108 valence electrons. The van der Waals surface area contributed by atoms with Gasteiger partial charge in [-0.05, 0) is 32.4 Å². The van der Waals surface area contributed by atoms with Crippen LogP contribution < -0.4 is 5.32 Å². The number of imidazole rings is 1. The second-order valence-electron chi connectivity index (χ2n) is 5.33. The number of aliphatic hydroxyl groups is 1.